The van der Waals surface area contributed by atoms with Crippen molar-refractivity contribution in [2.75, 3.05) is 38.2 Å². The molecule has 27 heavy (non-hydrogen) atoms. The first-order valence-electron chi connectivity index (χ1n) is 9.62. The van der Waals surface area contributed by atoms with Gasteiger partial charge in [0.25, 0.3) is 0 Å². The molecule has 0 aliphatic heterocycles. The Morgan fingerprint density at radius 3 is 2.41 bits per heavy atom. The number of hydrogen-bond acceptors (Lipinski definition) is 3. The van der Waals surface area contributed by atoms with Crippen LogP contribution >= 0.6 is 24.0 Å². The highest BCUT2D eigenvalue weighted by atomic mass is 127. The van der Waals surface area contributed by atoms with Gasteiger partial charge in [-0.3, -0.25) is 9.79 Å². The number of halogens is 1. The van der Waals surface area contributed by atoms with E-state index in [2.05, 4.69) is 34.8 Å². The van der Waals surface area contributed by atoms with Crippen LogP contribution in [0.3, 0.4) is 0 Å². The summed E-state index contributed by atoms with van der Waals surface area (Å²) < 4.78 is 5.55. The molecular formula is C20H35IN4O2. The molecule has 0 radical (unpaired) electrons. The third kappa shape index (κ3) is 13.5. The highest BCUT2D eigenvalue weighted by molar-refractivity contribution is 14.0. The number of rotatable bonds is 12. The molecule has 0 saturated carbocycles. The Labute approximate surface area is 181 Å². The number of amides is 1. The number of anilines is 1. The minimum atomic E-state index is -0.0540. The Morgan fingerprint density at radius 1 is 1.07 bits per heavy atom. The van der Waals surface area contributed by atoms with Gasteiger partial charge in [0.15, 0.2) is 5.96 Å². The molecular weight excluding hydrogens is 455 g/mol. The molecule has 0 bridgehead atoms. The Hall–Kier alpha value is -1.35. The van der Waals surface area contributed by atoms with Crippen molar-refractivity contribution in [2.45, 2.75) is 46.5 Å². The van der Waals surface area contributed by atoms with Crippen molar-refractivity contribution in [2.24, 2.45) is 4.99 Å². The van der Waals surface area contributed by atoms with Crippen LogP contribution in [0.4, 0.5) is 5.69 Å². The summed E-state index contributed by atoms with van der Waals surface area (Å²) in [5.41, 5.74) is 2.04. The molecule has 1 rings (SSSR count). The lowest BCUT2D eigenvalue weighted by Crippen LogP contribution is -2.38. The zero-order valence-electron chi connectivity index (χ0n) is 16.8. The van der Waals surface area contributed by atoms with Crippen LogP contribution in [-0.4, -0.2) is 44.7 Å². The van der Waals surface area contributed by atoms with Gasteiger partial charge in [-0.1, -0.05) is 25.5 Å². The number of nitrogens with zero attached hydrogens (tertiary/aromatic N) is 1. The molecule has 0 aliphatic carbocycles. The molecule has 6 nitrogen and oxygen atoms in total. The maximum Gasteiger partial charge on any atom is 0.221 e. The molecule has 1 aromatic carbocycles. The molecule has 154 valence electrons. The molecule has 0 aliphatic rings. The Bertz CT molecular complexity index is 535. The Kier molecular flexibility index (Phi) is 16.0. The lowest BCUT2D eigenvalue weighted by molar-refractivity contribution is -0.114. The van der Waals surface area contributed by atoms with Gasteiger partial charge in [0.05, 0.1) is 0 Å². The van der Waals surface area contributed by atoms with Crippen molar-refractivity contribution in [3.63, 3.8) is 0 Å². The lowest BCUT2D eigenvalue weighted by Gasteiger charge is -2.11. The van der Waals surface area contributed by atoms with E-state index in [1.54, 1.807) is 0 Å². The predicted molar refractivity (Wildman–Crippen MR) is 124 cm³/mol. The van der Waals surface area contributed by atoms with Crippen molar-refractivity contribution in [1.82, 2.24) is 10.6 Å². The van der Waals surface area contributed by atoms with E-state index in [-0.39, 0.29) is 29.9 Å². The number of carbonyl (C=O) groups is 1. The van der Waals surface area contributed by atoms with E-state index in [1.165, 1.54) is 18.9 Å². The number of guanidine groups is 1. The summed E-state index contributed by atoms with van der Waals surface area (Å²) in [7, 11) is 0. The maximum atomic E-state index is 11.0. The molecule has 1 aromatic rings. The second-order valence-corrected chi connectivity index (χ2v) is 6.14. The van der Waals surface area contributed by atoms with Gasteiger partial charge in [-0.2, -0.15) is 0 Å². The van der Waals surface area contributed by atoms with E-state index < -0.39 is 0 Å². The highest BCUT2D eigenvalue weighted by Crippen LogP contribution is 2.09. The normalized spacial score (nSPS) is 10.9. The summed E-state index contributed by atoms with van der Waals surface area (Å²) in [4.78, 5) is 15.6. The molecule has 0 heterocycles. The van der Waals surface area contributed by atoms with Crippen molar-refractivity contribution >= 4 is 41.5 Å². The summed E-state index contributed by atoms with van der Waals surface area (Å²) in [5.74, 6) is 0.789. The van der Waals surface area contributed by atoms with Crippen molar-refractivity contribution in [3.8, 4) is 0 Å². The average Bonchev–Trinajstić information content (AvgIpc) is 2.62. The van der Waals surface area contributed by atoms with Gasteiger partial charge in [0.2, 0.25) is 5.91 Å². The van der Waals surface area contributed by atoms with E-state index in [4.69, 9.17) is 4.74 Å². The molecule has 1 amide bonds. The van der Waals surface area contributed by atoms with E-state index in [0.717, 1.165) is 63.8 Å². The topological polar surface area (TPSA) is 74.8 Å². The first-order chi connectivity index (χ1) is 12.7. The van der Waals surface area contributed by atoms with Crippen LogP contribution in [0.25, 0.3) is 0 Å². The number of nitrogens with one attached hydrogen (secondary N) is 3. The summed E-state index contributed by atoms with van der Waals surface area (Å²) in [6, 6.07) is 7.92. The largest absolute Gasteiger partial charge is 0.381 e. The summed E-state index contributed by atoms with van der Waals surface area (Å²) in [6.45, 7) is 9.75. The maximum absolute atomic E-state index is 11.0. The van der Waals surface area contributed by atoms with Gasteiger partial charge in [-0.25, -0.2) is 0 Å². The SMILES string of the molecule is CCCCOCCCN=C(NCC)NCCc1ccc(NC(C)=O)cc1.I. The Balaban J connectivity index is 0.00000676. The van der Waals surface area contributed by atoms with Crippen molar-refractivity contribution in [1.29, 1.82) is 0 Å². The van der Waals surface area contributed by atoms with Crippen LogP contribution in [0.1, 0.15) is 45.6 Å². The molecule has 0 aromatic heterocycles. The number of aliphatic imine (C=N–C) groups is 1. The lowest BCUT2D eigenvalue weighted by atomic mass is 10.1. The number of ether oxygens (including phenoxy) is 1. The van der Waals surface area contributed by atoms with Crippen molar-refractivity contribution in [3.05, 3.63) is 29.8 Å². The molecule has 3 N–H and O–H groups in total. The first kappa shape index (κ1) is 25.6. The van der Waals surface area contributed by atoms with Crippen LogP contribution in [0.5, 0.6) is 0 Å². The third-order valence-electron chi connectivity index (χ3n) is 3.68. The molecule has 0 atom stereocenters. The fraction of sp³-hybridized carbons (Fsp3) is 0.600. The zero-order chi connectivity index (χ0) is 19.0. The van der Waals surface area contributed by atoms with Crippen LogP contribution < -0.4 is 16.0 Å². The van der Waals surface area contributed by atoms with Gasteiger partial charge in [-0.05, 0) is 43.9 Å². The third-order valence-corrected chi connectivity index (χ3v) is 3.68. The second-order valence-electron chi connectivity index (χ2n) is 6.14. The van der Waals surface area contributed by atoms with E-state index >= 15 is 0 Å². The summed E-state index contributed by atoms with van der Waals surface area (Å²) in [5, 5.41) is 9.39. The van der Waals surface area contributed by atoms with Crippen LogP contribution in [0, 0.1) is 0 Å². The summed E-state index contributed by atoms with van der Waals surface area (Å²) in [6.07, 6.45) is 4.12. The molecule has 7 heteroatoms. The molecule has 0 spiro atoms. The van der Waals surface area contributed by atoms with Gasteiger partial charge in [0, 0.05) is 45.5 Å². The smallest absolute Gasteiger partial charge is 0.221 e. The average molecular weight is 490 g/mol. The second kappa shape index (κ2) is 16.8. The zero-order valence-corrected chi connectivity index (χ0v) is 19.2. The quantitative estimate of drug-likeness (QED) is 0.181. The van der Waals surface area contributed by atoms with E-state index in [1.807, 2.05) is 24.3 Å². The van der Waals surface area contributed by atoms with E-state index in [0.29, 0.717) is 0 Å². The van der Waals surface area contributed by atoms with Gasteiger partial charge in [-0.15, -0.1) is 24.0 Å². The van der Waals surface area contributed by atoms with Crippen LogP contribution in [0.2, 0.25) is 0 Å². The van der Waals surface area contributed by atoms with Crippen LogP contribution in [0.15, 0.2) is 29.3 Å². The summed E-state index contributed by atoms with van der Waals surface area (Å²) >= 11 is 0. The minimum absolute atomic E-state index is 0. The number of carbonyl (C=O) groups excluding carboxylic acids is 1. The number of benzene rings is 1. The fourth-order valence-corrected chi connectivity index (χ4v) is 2.33. The molecule has 0 unspecified atom stereocenters. The van der Waals surface area contributed by atoms with Gasteiger partial charge in [0.1, 0.15) is 0 Å². The first-order valence-corrected chi connectivity index (χ1v) is 9.62. The molecule has 0 fully saturated rings. The monoisotopic (exact) mass is 490 g/mol. The van der Waals surface area contributed by atoms with Gasteiger partial charge < -0.3 is 20.7 Å². The van der Waals surface area contributed by atoms with E-state index in [9.17, 15) is 4.79 Å². The van der Waals surface area contributed by atoms with Crippen LogP contribution in [-0.2, 0) is 16.0 Å². The van der Waals surface area contributed by atoms with Gasteiger partial charge >= 0.3 is 0 Å². The standard InChI is InChI=1S/C20H34N4O2.HI/c1-4-6-15-26-16-7-13-22-20(21-5-2)23-14-12-18-8-10-19(11-9-18)24-17(3)25;/h8-11H,4-7,12-16H2,1-3H3,(H,24,25)(H2,21,22,23);1H. The fourth-order valence-electron chi connectivity index (χ4n) is 2.33. The number of hydrogen-bond donors (Lipinski definition) is 3. The predicted octanol–water partition coefficient (Wildman–Crippen LogP) is 3.57. The Morgan fingerprint density at radius 2 is 1.78 bits per heavy atom. The highest BCUT2D eigenvalue weighted by Gasteiger charge is 1.99. The number of unbranched alkanes of at least 4 members (excludes halogenated alkanes) is 1. The molecule has 0 saturated heterocycles. The van der Waals surface area contributed by atoms with Crippen molar-refractivity contribution < 1.29 is 9.53 Å². The minimum Gasteiger partial charge on any atom is -0.381 e.